The highest BCUT2D eigenvalue weighted by atomic mass is 32.2. The summed E-state index contributed by atoms with van der Waals surface area (Å²) in [4.78, 5) is 23.8. The second-order valence-corrected chi connectivity index (χ2v) is 7.81. The van der Waals surface area contributed by atoms with Crippen molar-refractivity contribution in [3.05, 3.63) is 53.6 Å². The number of Topliss-reactive ketones (excluding diaryl/α,β-unsaturated/α-hetero) is 1. The Balaban J connectivity index is 2.12. The predicted octanol–water partition coefficient (Wildman–Crippen LogP) is 2.51. The molecule has 0 aliphatic rings. The van der Waals surface area contributed by atoms with E-state index in [2.05, 4.69) is 10.0 Å². The molecular formula is C19H22N2O5S. The van der Waals surface area contributed by atoms with Crippen LogP contribution in [0.2, 0.25) is 0 Å². The van der Waals surface area contributed by atoms with Crippen LogP contribution in [-0.2, 0) is 14.8 Å². The van der Waals surface area contributed by atoms with E-state index in [0.29, 0.717) is 22.6 Å². The van der Waals surface area contributed by atoms with Crippen LogP contribution < -0.4 is 14.8 Å². The molecule has 27 heavy (non-hydrogen) atoms. The smallest absolute Gasteiger partial charge is 0.242 e. The molecule has 0 saturated carbocycles. The van der Waals surface area contributed by atoms with Gasteiger partial charge in [0.15, 0.2) is 5.78 Å². The summed E-state index contributed by atoms with van der Waals surface area (Å²) < 4.78 is 32.5. The van der Waals surface area contributed by atoms with Gasteiger partial charge in [0.1, 0.15) is 5.75 Å². The molecule has 2 aromatic carbocycles. The van der Waals surface area contributed by atoms with E-state index in [9.17, 15) is 18.0 Å². The lowest BCUT2D eigenvalue weighted by molar-refractivity contribution is -0.117. The summed E-state index contributed by atoms with van der Waals surface area (Å²) in [7, 11) is -2.38. The van der Waals surface area contributed by atoms with E-state index in [4.69, 9.17) is 4.74 Å². The maximum atomic E-state index is 12.5. The first-order chi connectivity index (χ1) is 12.6. The number of anilines is 1. The van der Waals surface area contributed by atoms with Gasteiger partial charge in [0.2, 0.25) is 15.9 Å². The zero-order chi connectivity index (χ0) is 20.2. The summed E-state index contributed by atoms with van der Waals surface area (Å²) in [5, 5.41) is 2.60. The topological polar surface area (TPSA) is 102 Å². The molecule has 0 radical (unpaired) electrons. The van der Waals surface area contributed by atoms with E-state index in [-0.39, 0.29) is 10.7 Å². The van der Waals surface area contributed by atoms with Crippen molar-refractivity contribution in [3.8, 4) is 5.75 Å². The lowest BCUT2D eigenvalue weighted by atomic mass is 10.1. The SMILES string of the molecule is COc1ccc(S(=O)(=O)N[C@H](C)C(=O)Nc2cccc(C(C)=O)c2)cc1C. The highest BCUT2D eigenvalue weighted by Gasteiger charge is 2.23. The summed E-state index contributed by atoms with van der Waals surface area (Å²) in [6.07, 6.45) is 0. The van der Waals surface area contributed by atoms with Crippen molar-refractivity contribution in [1.82, 2.24) is 4.72 Å². The number of ketones is 1. The van der Waals surface area contributed by atoms with Gasteiger partial charge in [-0.15, -0.1) is 0 Å². The van der Waals surface area contributed by atoms with Crippen molar-refractivity contribution in [2.45, 2.75) is 31.7 Å². The molecular weight excluding hydrogens is 368 g/mol. The van der Waals surface area contributed by atoms with Gasteiger partial charge in [0.05, 0.1) is 18.0 Å². The molecule has 1 amide bonds. The molecule has 0 unspecified atom stereocenters. The Hall–Kier alpha value is -2.71. The van der Waals surface area contributed by atoms with E-state index >= 15 is 0 Å². The number of ether oxygens (including phenoxy) is 1. The van der Waals surface area contributed by atoms with Gasteiger partial charge in [0, 0.05) is 11.3 Å². The van der Waals surface area contributed by atoms with Gasteiger partial charge in [-0.1, -0.05) is 12.1 Å². The van der Waals surface area contributed by atoms with Crippen molar-refractivity contribution < 1.29 is 22.7 Å². The number of methoxy groups -OCH3 is 1. The third kappa shape index (κ3) is 5.15. The first-order valence-electron chi connectivity index (χ1n) is 8.23. The van der Waals surface area contributed by atoms with Crippen molar-refractivity contribution in [2.75, 3.05) is 12.4 Å². The Kier molecular flexibility index (Phi) is 6.35. The molecule has 0 fully saturated rings. The van der Waals surface area contributed by atoms with Crippen LogP contribution >= 0.6 is 0 Å². The second-order valence-electron chi connectivity index (χ2n) is 6.10. The second kappa shape index (κ2) is 8.32. The Bertz CT molecular complexity index is 970. The first kappa shape index (κ1) is 20.6. The van der Waals surface area contributed by atoms with Crippen LogP contribution in [0.15, 0.2) is 47.4 Å². The number of hydrogen-bond acceptors (Lipinski definition) is 5. The van der Waals surface area contributed by atoms with Crippen molar-refractivity contribution in [3.63, 3.8) is 0 Å². The molecule has 7 nitrogen and oxygen atoms in total. The van der Waals surface area contributed by atoms with Gasteiger partial charge in [-0.3, -0.25) is 9.59 Å². The summed E-state index contributed by atoms with van der Waals surface area (Å²) in [5.74, 6) is -0.0932. The fourth-order valence-electron chi connectivity index (χ4n) is 2.44. The van der Waals surface area contributed by atoms with E-state index < -0.39 is 22.0 Å². The molecule has 1 atom stereocenters. The zero-order valence-electron chi connectivity index (χ0n) is 15.6. The van der Waals surface area contributed by atoms with Crippen LogP contribution in [0.4, 0.5) is 5.69 Å². The standard InChI is InChI=1S/C19H22N2O5S/c1-12-10-17(8-9-18(12)26-4)27(24,25)21-13(2)19(23)20-16-7-5-6-15(11-16)14(3)22/h5-11,13,21H,1-4H3,(H,20,23)/t13-/m1/s1. The van der Waals surface area contributed by atoms with E-state index in [1.165, 1.54) is 39.2 Å². The maximum absolute atomic E-state index is 12.5. The molecule has 0 aliphatic carbocycles. The van der Waals surface area contributed by atoms with Crippen molar-refractivity contribution in [2.24, 2.45) is 0 Å². The highest BCUT2D eigenvalue weighted by molar-refractivity contribution is 7.89. The van der Waals surface area contributed by atoms with Crippen LogP contribution in [0.25, 0.3) is 0 Å². The molecule has 0 aliphatic heterocycles. The molecule has 2 rings (SSSR count). The molecule has 0 spiro atoms. The number of carbonyl (C=O) groups is 2. The number of benzene rings is 2. The Morgan fingerprint density at radius 3 is 2.41 bits per heavy atom. The fraction of sp³-hybridized carbons (Fsp3) is 0.263. The van der Waals surface area contributed by atoms with Gasteiger partial charge in [0.25, 0.3) is 0 Å². The Labute approximate surface area is 158 Å². The minimum Gasteiger partial charge on any atom is -0.496 e. The van der Waals surface area contributed by atoms with Gasteiger partial charge in [-0.2, -0.15) is 4.72 Å². The normalized spacial score (nSPS) is 12.3. The molecule has 8 heteroatoms. The van der Waals surface area contributed by atoms with Crippen molar-refractivity contribution in [1.29, 1.82) is 0 Å². The highest BCUT2D eigenvalue weighted by Crippen LogP contribution is 2.21. The summed E-state index contributed by atoms with van der Waals surface area (Å²) in [5.41, 5.74) is 1.53. The summed E-state index contributed by atoms with van der Waals surface area (Å²) in [6, 6.07) is 9.86. The third-order valence-corrected chi connectivity index (χ3v) is 5.48. The third-order valence-electron chi connectivity index (χ3n) is 3.94. The average molecular weight is 390 g/mol. The molecule has 0 bridgehead atoms. The van der Waals surface area contributed by atoms with E-state index in [0.717, 1.165) is 0 Å². The van der Waals surface area contributed by atoms with Crippen LogP contribution in [0, 0.1) is 6.92 Å². The molecule has 2 N–H and O–H groups in total. The number of carbonyl (C=O) groups excluding carboxylic acids is 2. The lowest BCUT2D eigenvalue weighted by Crippen LogP contribution is -2.41. The lowest BCUT2D eigenvalue weighted by Gasteiger charge is -2.15. The molecule has 0 saturated heterocycles. The van der Waals surface area contributed by atoms with Crippen LogP contribution in [0.5, 0.6) is 5.75 Å². The van der Waals surface area contributed by atoms with Gasteiger partial charge >= 0.3 is 0 Å². The predicted molar refractivity (Wildman–Crippen MR) is 103 cm³/mol. The van der Waals surface area contributed by atoms with E-state index in [1.807, 2.05) is 0 Å². The average Bonchev–Trinajstić information content (AvgIpc) is 2.61. The maximum Gasteiger partial charge on any atom is 0.242 e. The minimum absolute atomic E-state index is 0.0408. The number of sulfonamides is 1. The monoisotopic (exact) mass is 390 g/mol. The van der Waals surface area contributed by atoms with Crippen molar-refractivity contribution >= 4 is 27.4 Å². The quantitative estimate of drug-likeness (QED) is 0.708. The molecule has 0 heterocycles. The van der Waals surface area contributed by atoms with Gasteiger partial charge in [-0.05, 0) is 56.7 Å². The summed E-state index contributed by atoms with van der Waals surface area (Å²) >= 11 is 0. The largest absolute Gasteiger partial charge is 0.496 e. The molecule has 0 aromatic heterocycles. The first-order valence-corrected chi connectivity index (χ1v) is 9.71. The van der Waals surface area contributed by atoms with Gasteiger partial charge < -0.3 is 10.1 Å². The molecule has 144 valence electrons. The minimum atomic E-state index is -3.89. The van der Waals surface area contributed by atoms with E-state index in [1.54, 1.807) is 31.2 Å². The number of nitrogens with one attached hydrogen (secondary N) is 2. The zero-order valence-corrected chi connectivity index (χ0v) is 16.4. The Morgan fingerprint density at radius 1 is 1.11 bits per heavy atom. The Morgan fingerprint density at radius 2 is 1.81 bits per heavy atom. The van der Waals surface area contributed by atoms with Crippen LogP contribution in [0.3, 0.4) is 0 Å². The number of hydrogen-bond donors (Lipinski definition) is 2. The summed E-state index contributed by atoms with van der Waals surface area (Å²) in [6.45, 7) is 4.60. The fourth-order valence-corrected chi connectivity index (χ4v) is 3.73. The molecule has 2 aromatic rings. The number of aryl methyl sites for hydroxylation is 1. The van der Waals surface area contributed by atoms with Gasteiger partial charge in [-0.25, -0.2) is 8.42 Å². The van der Waals surface area contributed by atoms with Crippen LogP contribution in [-0.4, -0.2) is 33.3 Å². The van der Waals surface area contributed by atoms with Crippen LogP contribution in [0.1, 0.15) is 29.8 Å². The number of rotatable bonds is 7. The number of amides is 1.